The van der Waals surface area contributed by atoms with Crippen molar-refractivity contribution in [1.82, 2.24) is 10.2 Å². The lowest BCUT2D eigenvalue weighted by Crippen LogP contribution is -2.53. The number of hydrogen-bond donors (Lipinski definition) is 1. The molecule has 2 rings (SSSR count). The van der Waals surface area contributed by atoms with Crippen LogP contribution in [0.1, 0.15) is 39.2 Å². The first kappa shape index (κ1) is 29.2. The van der Waals surface area contributed by atoms with Crippen molar-refractivity contribution in [1.29, 1.82) is 0 Å². The van der Waals surface area contributed by atoms with E-state index in [-0.39, 0.29) is 24.2 Å². The van der Waals surface area contributed by atoms with Crippen molar-refractivity contribution in [3.05, 3.63) is 63.1 Å². The van der Waals surface area contributed by atoms with Gasteiger partial charge in [-0.25, -0.2) is 8.42 Å². The molecule has 0 fully saturated rings. The number of carbonyl (C=O) groups excluding carboxylic acids is 2. The maximum atomic E-state index is 13.7. The molecule has 2 atom stereocenters. The van der Waals surface area contributed by atoms with E-state index >= 15 is 0 Å². The molecule has 0 aliphatic rings. The second kappa shape index (κ2) is 12.8. The summed E-state index contributed by atoms with van der Waals surface area (Å²) in [5, 5.41) is 4.01. The fraction of sp³-hybridized carbons (Fsp3) is 0.417. The van der Waals surface area contributed by atoms with Gasteiger partial charge in [0.1, 0.15) is 12.6 Å². The molecule has 7 nitrogen and oxygen atoms in total. The zero-order chi connectivity index (χ0) is 26.3. The van der Waals surface area contributed by atoms with E-state index in [1.54, 1.807) is 25.1 Å². The summed E-state index contributed by atoms with van der Waals surface area (Å²) in [6.45, 7) is 5.00. The fourth-order valence-electron chi connectivity index (χ4n) is 3.44. The monoisotopic (exact) mass is 561 g/mol. The van der Waals surface area contributed by atoms with Crippen molar-refractivity contribution in [2.75, 3.05) is 17.1 Å². The van der Waals surface area contributed by atoms with Gasteiger partial charge in [-0.2, -0.15) is 0 Å². The Morgan fingerprint density at radius 1 is 0.971 bits per heavy atom. The topological polar surface area (TPSA) is 86.8 Å². The Morgan fingerprint density at radius 3 is 2.03 bits per heavy atom. The van der Waals surface area contributed by atoms with Crippen LogP contribution in [0.4, 0.5) is 5.69 Å². The summed E-state index contributed by atoms with van der Waals surface area (Å²) in [6, 6.07) is 10.1. The van der Waals surface area contributed by atoms with E-state index in [0.717, 1.165) is 10.6 Å². The first-order valence-corrected chi connectivity index (χ1v) is 14.1. The molecule has 0 heterocycles. The van der Waals surface area contributed by atoms with Crippen molar-refractivity contribution in [3.63, 3.8) is 0 Å². The van der Waals surface area contributed by atoms with E-state index in [9.17, 15) is 18.0 Å². The largest absolute Gasteiger partial charge is 0.352 e. The lowest BCUT2D eigenvalue weighted by molar-refractivity contribution is -0.140. The number of nitrogens with one attached hydrogen (secondary N) is 1. The maximum Gasteiger partial charge on any atom is 0.244 e. The van der Waals surface area contributed by atoms with E-state index in [2.05, 4.69) is 5.32 Å². The minimum absolute atomic E-state index is 0.0675. The molecule has 35 heavy (non-hydrogen) atoms. The number of hydrogen-bond acceptors (Lipinski definition) is 4. The van der Waals surface area contributed by atoms with Gasteiger partial charge >= 0.3 is 0 Å². The van der Waals surface area contributed by atoms with Gasteiger partial charge in [-0.3, -0.25) is 13.9 Å². The minimum Gasteiger partial charge on any atom is -0.352 e. The lowest BCUT2D eigenvalue weighted by Gasteiger charge is -2.33. The first-order valence-electron chi connectivity index (χ1n) is 11.1. The van der Waals surface area contributed by atoms with Gasteiger partial charge in [0, 0.05) is 33.2 Å². The highest BCUT2D eigenvalue weighted by molar-refractivity contribution is 7.92. The second-order valence-corrected chi connectivity index (χ2v) is 11.4. The molecule has 0 unspecified atom stereocenters. The maximum absolute atomic E-state index is 13.7. The number of carbonyl (C=O) groups is 2. The van der Waals surface area contributed by atoms with Gasteiger partial charge in [0.05, 0.1) is 11.9 Å². The summed E-state index contributed by atoms with van der Waals surface area (Å²) in [5.41, 5.74) is 0.745. The molecule has 2 amide bonds. The van der Waals surface area contributed by atoms with Crippen LogP contribution in [0.15, 0.2) is 42.5 Å². The number of sulfonamides is 1. The quantitative estimate of drug-likeness (QED) is 0.411. The molecule has 0 aromatic heterocycles. The van der Waals surface area contributed by atoms with Crippen LogP contribution >= 0.6 is 34.8 Å². The summed E-state index contributed by atoms with van der Waals surface area (Å²) in [5.74, 6) is -0.914. The average Bonchev–Trinajstić information content (AvgIpc) is 2.78. The number of rotatable bonds is 11. The van der Waals surface area contributed by atoms with Crippen LogP contribution in [0, 0.1) is 0 Å². The molecule has 0 spiro atoms. The highest BCUT2D eigenvalue weighted by Gasteiger charge is 2.32. The smallest absolute Gasteiger partial charge is 0.244 e. The second-order valence-electron chi connectivity index (χ2n) is 8.21. The standard InChI is InChI=1S/C24H30Cl3N3O4S/c1-5-16(3)28-24(32)22(6-2)29(14-19-20(26)8-7-9-21(19)27)23(31)15-30(35(4,33)34)18-12-10-17(25)11-13-18/h7-13,16,22H,5-6,14-15H2,1-4H3,(H,28,32)/t16-,22-/m1/s1. The Kier molecular flexibility index (Phi) is 10.7. The third-order valence-corrected chi connectivity index (χ3v) is 7.67. The van der Waals surface area contributed by atoms with Crippen molar-refractivity contribution in [2.45, 2.75) is 52.2 Å². The number of halogens is 3. The third kappa shape index (κ3) is 8.00. The predicted octanol–water partition coefficient (Wildman–Crippen LogP) is 5.13. The molecule has 11 heteroatoms. The minimum atomic E-state index is -3.83. The van der Waals surface area contributed by atoms with Crippen LogP contribution in [-0.4, -0.2) is 50.0 Å². The van der Waals surface area contributed by atoms with Crippen LogP contribution in [0.3, 0.4) is 0 Å². The Hall–Kier alpha value is -2.00. The van der Waals surface area contributed by atoms with Gasteiger partial charge in [-0.15, -0.1) is 0 Å². The third-order valence-electron chi connectivity index (χ3n) is 5.57. The molecule has 0 saturated carbocycles. The van der Waals surface area contributed by atoms with E-state index in [4.69, 9.17) is 34.8 Å². The molecule has 192 valence electrons. The zero-order valence-corrected chi connectivity index (χ0v) is 23.2. The summed E-state index contributed by atoms with van der Waals surface area (Å²) in [4.78, 5) is 28.1. The molecule has 1 N–H and O–H groups in total. The Morgan fingerprint density at radius 2 is 1.54 bits per heavy atom. The van der Waals surface area contributed by atoms with Crippen LogP contribution < -0.4 is 9.62 Å². The van der Waals surface area contributed by atoms with Crippen molar-refractivity contribution in [3.8, 4) is 0 Å². The van der Waals surface area contributed by atoms with Gasteiger partial charge in [0.15, 0.2) is 0 Å². The molecule has 2 aromatic carbocycles. The number of amides is 2. The normalized spacial score (nSPS) is 13.1. The SMILES string of the molecule is CC[C@@H](C)NC(=O)[C@@H](CC)N(Cc1c(Cl)cccc1Cl)C(=O)CN(c1ccc(Cl)cc1)S(C)(=O)=O. The van der Waals surface area contributed by atoms with Crippen molar-refractivity contribution < 1.29 is 18.0 Å². The van der Waals surface area contributed by atoms with Crippen molar-refractivity contribution in [2.24, 2.45) is 0 Å². The Bertz CT molecular complexity index is 1120. The summed E-state index contributed by atoms with van der Waals surface area (Å²) >= 11 is 18.7. The van der Waals surface area contributed by atoms with E-state index in [0.29, 0.717) is 33.5 Å². The van der Waals surface area contributed by atoms with Crippen LogP contribution in [0.5, 0.6) is 0 Å². The Balaban J connectivity index is 2.49. The highest BCUT2D eigenvalue weighted by Crippen LogP contribution is 2.28. The molecule has 2 aromatic rings. The molecular weight excluding hydrogens is 533 g/mol. The average molecular weight is 563 g/mol. The van der Waals surface area contributed by atoms with Crippen LogP contribution in [0.25, 0.3) is 0 Å². The first-order chi connectivity index (χ1) is 16.4. The van der Waals surface area contributed by atoms with E-state index in [1.807, 2.05) is 13.8 Å². The van der Waals surface area contributed by atoms with E-state index in [1.165, 1.54) is 29.2 Å². The molecule has 0 saturated heterocycles. The molecule has 0 aliphatic heterocycles. The predicted molar refractivity (Wildman–Crippen MR) is 143 cm³/mol. The van der Waals surface area contributed by atoms with Gasteiger partial charge < -0.3 is 10.2 Å². The molecule has 0 radical (unpaired) electrons. The van der Waals surface area contributed by atoms with Gasteiger partial charge in [-0.05, 0) is 56.2 Å². The summed E-state index contributed by atoms with van der Waals surface area (Å²) in [6.07, 6.45) is 2.03. The summed E-state index contributed by atoms with van der Waals surface area (Å²) < 4.78 is 26.2. The van der Waals surface area contributed by atoms with Crippen LogP contribution in [0.2, 0.25) is 15.1 Å². The summed E-state index contributed by atoms with van der Waals surface area (Å²) in [7, 11) is -3.83. The van der Waals surface area contributed by atoms with Gasteiger partial charge in [0.2, 0.25) is 21.8 Å². The molecule has 0 aliphatic carbocycles. The number of anilines is 1. The molecular formula is C24H30Cl3N3O4S. The molecule has 0 bridgehead atoms. The van der Waals surface area contributed by atoms with Crippen LogP contribution in [-0.2, 0) is 26.2 Å². The number of nitrogens with zero attached hydrogens (tertiary/aromatic N) is 2. The fourth-order valence-corrected chi connectivity index (χ4v) is 4.93. The zero-order valence-electron chi connectivity index (χ0n) is 20.1. The van der Waals surface area contributed by atoms with Crippen molar-refractivity contribution >= 4 is 62.3 Å². The van der Waals surface area contributed by atoms with E-state index < -0.39 is 28.5 Å². The van der Waals surface area contributed by atoms with Gasteiger partial charge in [0.25, 0.3) is 0 Å². The van der Waals surface area contributed by atoms with Gasteiger partial charge in [-0.1, -0.05) is 54.7 Å². The highest BCUT2D eigenvalue weighted by atomic mass is 35.5. The number of benzene rings is 2. The Labute approximate surface area is 222 Å². The lowest BCUT2D eigenvalue weighted by atomic mass is 10.1.